The molecule has 0 unspecified atom stereocenters. The molecule has 214 valence electrons. The van der Waals surface area contributed by atoms with E-state index in [4.69, 9.17) is 0 Å². The van der Waals surface area contributed by atoms with Gasteiger partial charge >= 0.3 is 254 Å². The van der Waals surface area contributed by atoms with E-state index in [1.54, 1.807) is 0 Å². The van der Waals surface area contributed by atoms with E-state index in [1.165, 1.54) is 25.8 Å². The summed E-state index contributed by atoms with van der Waals surface area (Å²) in [6.07, 6.45) is 2.36. The fourth-order valence-electron chi connectivity index (χ4n) is 7.16. The van der Waals surface area contributed by atoms with Crippen LogP contribution in [-0.2, 0) is 16.2 Å². The van der Waals surface area contributed by atoms with Crippen molar-refractivity contribution in [3.05, 3.63) is 147 Å². The van der Waals surface area contributed by atoms with Gasteiger partial charge < -0.3 is 0 Å². The first kappa shape index (κ1) is 31.3. The van der Waals surface area contributed by atoms with Crippen LogP contribution in [0.5, 0.6) is 0 Å². The van der Waals surface area contributed by atoms with Crippen molar-refractivity contribution in [2.75, 3.05) is 6.61 Å². The van der Waals surface area contributed by atoms with E-state index in [2.05, 4.69) is 169 Å². The molecule has 2 heteroatoms. The minimum atomic E-state index is -3.55. The SMILES string of the molecule is CC(C)([CH2][Sn]([CH2]C(C)(C)c1ccccc1)([CH2]C(C)(C)c1ccccc1)/[C](=C\c1ccccc1)CO)c1ccccc1. The third-order valence-electron chi connectivity index (χ3n) is 9.00. The van der Waals surface area contributed by atoms with E-state index in [1.807, 2.05) is 0 Å². The zero-order chi connectivity index (χ0) is 29.6. The number of aliphatic hydroxyl groups is 1. The van der Waals surface area contributed by atoms with Crippen LogP contribution in [0, 0.1) is 0 Å². The number of aliphatic hydroxyl groups excluding tert-OH is 1. The minimum absolute atomic E-state index is 0.0260. The molecule has 0 bridgehead atoms. The Morgan fingerprint density at radius 3 is 1.10 bits per heavy atom. The van der Waals surface area contributed by atoms with Gasteiger partial charge in [-0.3, -0.25) is 0 Å². The summed E-state index contributed by atoms with van der Waals surface area (Å²) in [6.45, 7) is 14.7. The Kier molecular flexibility index (Phi) is 10.0. The van der Waals surface area contributed by atoms with Crippen LogP contribution in [0.3, 0.4) is 0 Å². The molecule has 0 amide bonds. The van der Waals surface area contributed by atoms with Crippen molar-refractivity contribution >= 4 is 24.5 Å². The molecule has 0 aromatic heterocycles. The van der Waals surface area contributed by atoms with Crippen LogP contribution < -0.4 is 0 Å². The molecule has 0 aliphatic heterocycles. The van der Waals surface area contributed by atoms with Gasteiger partial charge in [0, 0.05) is 0 Å². The van der Waals surface area contributed by atoms with Crippen LogP contribution in [-0.4, -0.2) is 30.1 Å². The topological polar surface area (TPSA) is 20.2 Å². The Balaban J connectivity index is 1.96. The van der Waals surface area contributed by atoms with Crippen LogP contribution in [0.4, 0.5) is 0 Å². The molecule has 4 aromatic rings. The van der Waals surface area contributed by atoms with Crippen LogP contribution in [0.1, 0.15) is 63.8 Å². The van der Waals surface area contributed by atoms with Gasteiger partial charge in [-0.2, -0.15) is 0 Å². The van der Waals surface area contributed by atoms with Crippen molar-refractivity contribution in [1.29, 1.82) is 0 Å². The summed E-state index contributed by atoms with van der Waals surface area (Å²) in [5.41, 5.74) is 5.25. The molecule has 0 atom stereocenters. The molecular formula is C39H48OSn. The molecule has 0 aliphatic carbocycles. The van der Waals surface area contributed by atoms with E-state index in [9.17, 15) is 5.11 Å². The first-order valence-electron chi connectivity index (χ1n) is 15.0. The molecule has 1 N–H and O–H groups in total. The normalized spacial score (nSPS) is 13.3. The second kappa shape index (κ2) is 13.1. The molecule has 4 aromatic carbocycles. The van der Waals surface area contributed by atoms with Gasteiger partial charge in [0.1, 0.15) is 0 Å². The van der Waals surface area contributed by atoms with Crippen molar-refractivity contribution in [2.24, 2.45) is 0 Å². The fraction of sp³-hybridized carbons (Fsp3) is 0.333. The predicted molar refractivity (Wildman–Crippen MR) is 180 cm³/mol. The summed E-state index contributed by atoms with van der Waals surface area (Å²) >= 11 is -3.55. The van der Waals surface area contributed by atoms with Gasteiger partial charge in [-0.1, -0.05) is 0 Å². The summed E-state index contributed by atoms with van der Waals surface area (Å²) < 4.78 is 4.69. The van der Waals surface area contributed by atoms with Gasteiger partial charge in [0.2, 0.25) is 0 Å². The molecule has 0 aliphatic rings. The van der Waals surface area contributed by atoms with Gasteiger partial charge in [0.05, 0.1) is 0 Å². The Bertz CT molecular complexity index is 1260. The quantitative estimate of drug-likeness (QED) is 0.151. The molecule has 41 heavy (non-hydrogen) atoms. The monoisotopic (exact) mass is 652 g/mol. The van der Waals surface area contributed by atoms with Crippen molar-refractivity contribution < 1.29 is 5.11 Å². The van der Waals surface area contributed by atoms with Crippen molar-refractivity contribution in [1.82, 2.24) is 0 Å². The second-order valence-electron chi connectivity index (χ2n) is 13.8. The van der Waals surface area contributed by atoms with Crippen molar-refractivity contribution in [2.45, 2.75) is 71.1 Å². The Morgan fingerprint density at radius 1 is 0.512 bits per heavy atom. The standard InChI is InChI=1S/3C10H13.C9H9O.Sn/c3*1-10(2,3)9-7-5-4-6-8-9;10-8-4-7-9-5-2-1-3-6-9;/h3*4-8H,1H2,2-3H3;1-3,5-7,10H,8H2;. The zero-order valence-corrected chi connectivity index (χ0v) is 28.8. The van der Waals surface area contributed by atoms with Gasteiger partial charge in [0.25, 0.3) is 0 Å². The van der Waals surface area contributed by atoms with Crippen molar-refractivity contribution in [3.8, 4) is 0 Å². The molecule has 0 saturated carbocycles. The number of rotatable bonds is 12. The summed E-state index contributed by atoms with van der Waals surface area (Å²) in [4.78, 5) is 0. The number of benzene rings is 4. The molecule has 0 radical (unpaired) electrons. The predicted octanol–water partition coefficient (Wildman–Crippen LogP) is 9.98. The Labute approximate surface area is 253 Å². The van der Waals surface area contributed by atoms with Crippen LogP contribution >= 0.6 is 0 Å². The first-order valence-corrected chi connectivity index (χ1v) is 22.5. The Hall–Kier alpha value is -2.62. The maximum absolute atomic E-state index is 11.3. The molecule has 4 rings (SSSR count). The van der Waals surface area contributed by atoms with Crippen molar-refractivity contribution in [3.63, 3.8) is 0 Å². The third kappa shape index (κ3) is 7.81. The molecule has 1 nitrogen and oxygen atoms in total. The Morgan fingerprint density at radius 2 is 0.805 bits per heavy atom. The van der Waals surface area contributed by atoms with E-state index in [0.29, 0.717) is 0 Å². The van der Waals surface area contributed by atoms with Gasteiger partial charge in [-0.05, 0) is 0 Å². The van der Waals surface area contributed by atoms with E-state index >= 15 is 0 Å². The van der Waals surface area contributed by atoms with Gasteiger partial charge in [-0.25, -0.2) is 0 Å². The molecule has 0 heterocycles. The van der Waals surface area contributed by atoms with Gasteiger partial charge in [-0.15, -0.1) is 0 Å². The fourth-order valence-corrected chi connectivity index (χ4v) is 28.7. The summed E-state index contributed by atoms with van der Waals surface area (Å²) in [7, 11) is 0. The van der Waals surface area contributed by atoms with Crippen LogP contribution in [0.15, 0.2) is 125 Å². The van der Waals surface area contributed by atoms with Crippen LogP contribution in [0.25, 0.3) is 6.08 Å². The average Bonchev–Trinajstić information content (AvgIpc) is 2.97. The molecule has 0 saturated heterocycles. The molecule has 0 fully saturated rings. The maximum atomic E-state index is 11.3. The summed E-state index contributed by atoms with van der Waals surface area (Å²) in [5, 5.41) is 11.3. The van der Waals surface area contributed by atoms with Gasteiger partial charge in [0.15, 0.2) is 0 Å². The van der Waals surface area contributed by atoms with E-state index in [-0.39, 0.29) is 22.9 Å². The molecular weight excluding hydrogens is 603 g/mol. The van der Waals surface area contributed by atoms with E-state index < -0.39 is 18.4 Å². The van der Waals surface area contributed by atoms with Crippen LogP contribution in [0.2, 0.25) is 13.3 Å². The second-order valence-corrected chi connectivity index (χ2v) is 26.0. The first-order chi connectivity index (χ1) is 19.5. The number of hydrogen-bond acceptors (Lipinski definition) is 1. The molecule has 0 spiro atoms. The summed E-state index contributed by atoms with van der Waals surface area (Å²) in [6, 6.07) is 43.8. The number of hydrogen-bond donors (Lipinski definition) is 1. The zero-order valence-electron chi connectivity index (χ0n) is 25.9. The third-order valence-corrected chi connectivity index (χ3v) is 27.1. The van der Waals surface area contributed by atoms with E-state index in [0.717, 1.165) is 13.3 Å². The average molecular weight is 652 g/mol. The summed E-state index contributed by atoms with van der Waals surface area (Å²) in [5.74, 6) is 0.